The highest BCUT2D eigenvalue weighted by molar-refractivity contribution is 5.06. The van der Waals surface area contributed by atoms with Crippen LogP contribution in [0.5, 0.6) is 0 Å². The molecule has 1 aromatic heterocycles. The molecule has 0 radical (unpaired) electrons. The van der Waals surface area contributed by atoms with Gasteiger partial charge in [0, 0.05) is 31.5 Å². The van der Waals surface area contributed by atoms with E-state index in [-0.39, 0.29) is 0 Å². The largest absolute Gasteiger partial charge is 0.401 e. The third-order valence-corrected chi connectivity index (χ3v) is 3.78. The van der Waals surface area contributed by atoms with E-state index in [0.717, 1.165) is 26.1 Å². The second kappa shape index (κ2) is 6.63. The highest BCUT2D eigenvalue weighted by Crippen LogP contribution is 2.22. The molecule has 1 saturated heterocycles. The average molecular weight is 289 g/mol. The molecule has 1 aromatic rings. The Kier molecular flexibility index (Phi) is 5.10. The smallest absolute Gasteiger partial charge is 0.351 e. The van der Waals surface area contributed by atoms with Gasteiger partial charge in [0.2, 0.25) is 0 Å². The summed E-state index contributed by atoms with van der Waals surface area (Å²) in [6, 6.07) is 4.09. The minimum Gasteiger partial charge on any atom is -0.351 e. The van der Waals surface area contributed by atoms with Gasteiger partial charge in [0.05, 0.1) is 6.54 Å². The number of likely N-dealkylation sites (tertiary alicyclic amines) is 1. The van der Waals surface area contributed by atoms with Crippen molar-refractivity contribution in [1.82, 2.24) is 14.8 Å². The molecule has 2 rings (SSSR count). The van der Waals surface area contributed by atoms with Crippen LogP contribution in [-0.2, 0) is 13.1 Å². The quantitative estimate of drug-likeness (QED) is 0.868. The van der Waals surface area contributed by atoms with Crippen molar-refractivity contribution in [3.8, 4) is 0 Å². The zero-order chi connectivity index (χ0) is 14.6. The van der Waals surface area contributed by atoms with E-state index in [2.05, 4.69) is 22.9 Å². The van der Waals surface area contributed by atoms with Crippen LogP contribution in [0.3, 0.4) is 0 Å². The average Bonchev–Trinajstić information content (AvgIpc) is 2.96. The molecule has 0 aromatic carbocycles. The molecule has 0 amide bonds. The minimum absolute atomic E-state index is 0.322. The Morgan fingerprint density at radius 2 is 2.20 bits per heavy atom. The fourth-order valence-corrected chi connectivity index (χ4v) is 2.80. The van der Waals surface area contributed by atoms with E-state index in [1.807, 2.05) is 12.3 Å². The zero-order valence-corrected chi connectivity index (χ0v) is 11.8. The topological polar surface area (TPSA) is 20.2 Å². The number of nitrogens with one attached hydrogen (secondary N) is 1. The molecule has 1 aliphatic heterocycles. The van der Waals surface area contributed by atoms with E-state index in [1.54, 1.807) is 0 Å². The van der Waals surface area contributed by atoms with Crippen LogP contribution in [0.2, 0.25) is 0 Å². The third kappa shape index (κ3) is 4.52. The summed E-state index contributed by atoms with van der Waals surface area (Å²) in [6.45, 7) is 4.91. The van der Waals surface area contributed by atoms with Gasteiger partial charge in [0.25, 0.3) is 0 Å². The van der Waals surface area contributed by atoms with E-state index >= 15 is 0 Å². The first-order chi connectivity index (χ1) is 9.48. The van der Waals surface area contributed by atoms with Gasteiger partial charge >= 0.3 is 6.18 Å². The molecular weight excluding hydrogens is 267 g/mol. The Bertz CT molecular complexity index is 414. The summed E-state index contributed by atoms with van der Waals surface area (Å²) in [4.78, 5) is 1.50. The second-order valence-corrected chi connectivity index (χ2v) is 5.42. The number of hydrogen-bond acceptors (Lipinski definition) is 2. The van der Waals surface area contributed by atoms with Crippen molar-refractivity contribution >= 4 is 0 Å². The maximum Gasteiger partial charge on any atom is 0.401 e. The molecule has 1 aliphatic rings. The van der Waals surface area contributed by atoms with Gasteiger partial charge in [0.1, 0.15) is 0 Å². The molecule has 3 nitrogen and oxygen atoms in total. The first-order valence-corrected chi connectivity index (χ1v) is 7.12. The highest BCUT2D eigenvalue weighted by Gasteiger charge is 2.34. The monoisotopic (exact) mass is 289 g/mol. The Labute approximate surface area is 117 Å². The SMILES string of the molecule is CCn1cccc1CNCC1CCN(CC(F)(F)F)C1. The molecular formula is C14H22F3N3. The van der Waals surface area contributed by atoms with Crippen molar-refractivity contribution in [2.45, 2.75) is 32.6 Å². The number of aromatic nitrogens is 1. The van der Waals surface area contributed by atoms with Gasteiger partial charge in [-0.3, -0.25) is 4.90 Å². The van der Waals surface area contributed by atoms with Crippen LogP contribution in [0.25, 0.3) is 0 Å². The molecule has 1 atom stereocenters. The summed E-state index contributed by atoms with van der Waals surface area (Å²) in [5, 5.41) is 3.36. The molecule has 114 valence electrons. The lowest BCUT2D eigenvalue weighted by Gasteiger charge is -2.18. The molecule has 0 bridgehead atoms. The van der Waals surface area contributed by atoms with Crippen LogP contribution in [0.4, 0.5) is 13.2 Å². The lowest BCUT2D eigenvalue weighted by molar-refractivity contribution is -0.143. The lowest BCUT2D eigenvalue weighted by Crippen LogP contribution is -2.33. The van der Waals surface area contributed by atoms with Crippen molar-refractivity contribution in [3.63, 3.8) is 0 Å². The van der Waals surface area contributed by atoms with Gasteiger partial charge in [-0.15, -0.1) is 0 Å². The van der Waals surface area contributed by atoms with Crippen molar-refractivity contribution in [2.75, 3.05) is 26.2 Å². The Balaban J connectivity index is 1.68. The van der Waals surface area contributed by atoms with Crippen molar-refractivity contribution in [2.24, 2.45) is 5.92 Å². The Morgan fingerprint density at radius 3 is 2.90 bits per heavy atom. The van der Waals surface area contributed by atoms with Crippen LogP contribution < -0.4 is 5.32 Å². The summed E-state index contributed by atoms with van der Waals surface area (Å²) in [5.74, 6) is 0.322. The van der Waals surface area contributed by atoms with Gasteiger partial charge in [-0.2, -0.15) is 13.2 Å². The van der Waals surface area contributed by atoms with Gasteiger partial charge in [-0.25, -0.2) is 0 Å². The number of aryl methyl sites for hydroxylation is 1. The van der Waals surface area contributed by atoms with E-state index in [1.165, 1.54) is 10.6 Å². The zero-order valence-electron chi connectivity index (χ0n) is 11.8. The fraction of sp³-hybridized carbons (Fsp3) is 0.714. The first-order valence-electron chi connectivity index (χ1n) is 7.12. The summed E-state index contributed by atoms with van der Waals surface area (Å²) >= 11 is 0. The Morgan fingerprint density at radius 1 is 1.40 bits per heavy atom. The van der Waals surface area contributed by atoms with Crippen molar-refractivity contribution < 1.29 is 13.2 Å². The second-order valence-electron chi connectivity index (χ2n) is 5.42. The molecule has 6 heteroatoms. The Hall–Kier alpha value is -1.01. The molecule has 1 N–H and O–H groups in total. The fourth-order valence-electron chi connectivity index (χ4n) is 2.80. The van der Waals surface area contributed by atoms with E-state index in [0.29, 0.717) is 19.0 Å². The van der Waals surface area contributed by atoms with Gasteiger partial charge < -0.3 is 9.88 Å². The molecule has 0 aliphatic carbocycles. The standard InChI is InChI=1S/C14H22F3N3/c1-2-20-6-3-4-13(20)9-18-8-12-5-7-19(10-12)11-14(15,16)17/h3-4,6,12,18H,2,5,7-11H2,1H3. The van der Waals surface area contributed by atoms with Crippen molar-refractivity contribution in [3.05, 3.63) is 24.0 Å². The van der Waals surface area contributed by atoms with Crippen LogP contribution in [0.1, 0.15) is 19.0 Å². The molecule has 0 spiro atoms. The third-order valence-electron chi connectivity index (χ3n) is 3.78. The van der Waals surface area contributed by atoms with Crippen molar-refractivity contribution in [1.29, 1.82) is 0 Å². The van der Waals surface area contributed by atoms with E-state index in [9.17, 15) is 13.2 Å². The number of alkyl halides is 3. The normalized spacial score (nSPS) is 20.7. The van der Waals surface area contributed by atoms with Crippen LogP contribution in [-0.4, -0.2) is 41.8 Å². The maximum absolute atomic E-state index is 12.3. The van der Waals surface area contributed by atoms with Gasteiger partial charge in [-0.05, 0) is 44.5 Å². The predicted octanol–water partition coefficient (Wildman–Crippen LogP) is 2.48. The van der Waals surface area contributed by atoms with E-state index in [4.69, 9.17) is 0 Å². The lowest BCUT2D eigenvalue weighted by atomic mass is 10.1. The summed E-state index contributed by atoms with van der Waals surface area (Å²) < 4.78 is 39.1. The minimum atomic E-state index is -4.08. The number of rotatable bonds is 6. The molecule has 0 saturated carbocycles. The molecule has 1 fully saturated rings. The highest BCUT2D eigenvalue weighted by atomic mass is 19.4. The summed E-state index contributed by atoms with van der Waals surface area (Å²) in [5.41, 5.74) is 1.22. The molecule has 2 heterocycles. The number of nitrogens with zero attached hydrogens (tertiary/aromatic N) is 2. The van der Waals surface area contributed by atoms with Gasteiger partial charge in [-0.1, -0.05) is 0 Å². The van der Waals surface area contributed by atoms with Crippen LogP contribution in [0.15, 0.2) is 18.3 Å². The first kappa shape index (κ1) is 15.4. The summed E-state index contributed by atoms with van der Waals surface area (Å²) in [7, 11) is 0. The van der Waals surface area contributed by atoms with Crippen LogP contribution in [0, 0.1) is 5.92 Å². The predicted molar refractivity (Wildman–Crippen MR) is 72.4 cm³/mol. The summed E-state index contributed by atoms with van der Waals surface area (Å²) in [6.07, 6.45) is -1.19. The molecule has 1 unspecified atom stereocenters. The van der Waals surface area contributed by atoms with Crippen LogP contribution >= 0.6 is 0 Å². The maximum atomic E-state index is 12.3. The van der Waals surface area contributed by atoms with E-state index < -0.39 is 12.7 Å². The number of halogens is 3. The van der Waals surface area contributed by atoms with Gasteiger partial charge in [0.15, 0.2) is 0 Å². The molecule has 20 heavy (non-hydrogen) atoms. The number of hydrogen-bond donors (Lipinski definition) is 1.